The Morgan fingerprint density at radius 1 is 1.15 bits per heavy atom. The van der Waals surface area contributed by atoms with Crippen LogP contribution in [0, 0.1) is 0 Å². The number of nitrogens with zero attached hydrogens (tertiary/aromatic N) is 2. The Balaban J connectivity index is 2.34. The molecular formula is C15H17Br2N3. The van der Waals surface area contributed by atoms with Crippen LogP contribution >= 0.6 is 31.9 Å². The van der Waals surface area contributed by atoms with Gasteiger partial charge >= 0.3 is 0 Å². The fourth-order valence-corrected chi connectivity index (χ4v) is 3.02. The normalized spacial score (nSPS) is 10.6. The quantitative estimate of drug-likeness (QED) is 0.800. The second-order valence-corrected chi connectivity index (χ2v) is 6.15. The Morgan fingerprint density at radius 2 is 1.95 bits per heavy atom. The summed E-state index contributed by atoms with van der Waals surface area (Å²) in [6.07, 6.45) is 1.62. The summed E-state index contributed by atoms with van der Waals surface area (Å²) < 4.78 is 2.05. The summed E-state index contributed by atoms with van der Waals surface area (Å²) >= 11 is 7.07. The third-order valence-corrected chi connectivity index (χ3v) is 4.22. The second kappa shape index (κ2) is 7.18. The molecule has 20 heavy (non-hydrogen) atoms. The summed E-state index contributed by atoms with van der Waals surface area (Å²) in [5.74, 6) is 1.73. The van der Waals surface area contributed by atoms with Crippen molar-refractivity contribution in [2.24, 2.45) is 0 Å². The molecular weight excluding hydrogens is 382 g/mol. The van der Waals surface area contributed by atoms with Gasteiger partial charge in [0.1, 0.15) is 11.6 Å². The van der Waals surface area contributed by atoms with Crippen molar-refractivity contribution < 1.29 is 0 Å². The first-order chi connectivity index (χ1) is 9.63. The van der Waals surface area contributed by atoms with Crippen LogP contribution < -0.4 is 5.32 Å². The Kier molecular flexibility index (Phi) is 5.54. The highest BCUT2D eigenvalue weighted by Gasteiger charge is 2.11. The SMILES string of the molecule is CCNc1nc(Cc2cccc(Br)c2)nc(CC)c1Br. The molecule has 2 aromatic rings. The first kappa shape index (κ1) is 15.4. The van der Waals surface area contributed by atoms with E-state index in [1.54, 1.807) is 0 Å². The third-order valence-electron chi connectivity index (χ3n) is 2.90. The highest BCUT2D eigenvalue weighted by molar-refractivity contribution is 9.11. The third kappa shape index (κ3) is 3.79. The molecule has 0 radical (unpaired) electrons. The maximum atomic E-state index is 4.65. The number of nitrogens with one attached hydrogen (secondary N) is 1. The lowest BCUT2D eigenvalue weighted by molar-refractivity contribution is 0.894. The van der Waals surface area contributed by atoms with E-state index in [0.717, 1.165) is 45.7 Å². The largest absolute Gasteiger partial charge is 0.369 e. The van der Waals surface area contributed by atoms with Crippen LogP contribution in [-0.2, 0) is 12.8 Å². The summed E-state index contributed by atoms with van der Waals surface area (Å²) in [6, 6.07) is 8.25. The van der Waals surface area contributed by atoms with Crippen LogP contribution in [0.4, 0.5) is 5.82 Å². The lowest BCUT2D eigenvalue weighted by Gasteiger charge is -2.11. The number of hydrogen-bond donors (Lipinski definition) is 1. The van der Waals surface area contributed by atoms with Crippen LogP contribution in [0.5, 0.6) is 0 Å². The highest BCUT2D eigenvalue weighted by Crippen LogP contribution is 2.25. The zero-order chi connectivity index (χ0) is 14.5. The van der Waals surface area contributed by atoms with Crippen molar-refractivity contribution in [1.82, 2.24) is 9.97 Å². The van der Waals surface area contributed by atoms with Gasteiger partial charge in [0, 0.05) is 17.4 Å². The Morgan fingerprint density at radius 3 is 2.60 bits per heavy atom. The number of anilines is 1. The van der Waals surface area contributed by atoms with Gasteiger partial charge in [0.15, 0.2) is 0 Å². The van der Waals surface area contributed by atoms with Crippen molar-refractivity contribution in [1.29, 1.82) is 0 Å². The van der Waals surface area contributed by atoms with Gasteiger partial charge in [-0.1, -0.05) is 35.0 Å². The second-order valence-electron chi connectivity index (χ2n) is 4.44. The summed E-state index contributed by atoms with van der Waals surface area (Å²) in [4.78, 5) is 9.26. The highest BCUT2D eigenvalue weighted by atomic mass is 79.9. The molecule has 1 N–H and O–H groups in total. The molecule has 106 valence electrons. The summed E-state index contributed by atoms with van der Waals surface area (Å²) in [5.41, 5.74) is 2.24. The van der Waals surface area contributed by atoms with Crippen LogP contribution in [0.25, 0.3) is 0 Å². The molecule has 0 amide bonds. The Bertz CT molecular complexity index is 600. The van der Waals surface area contributed by atoms with Crippen LogP contribution in [0.1, 0.15) is 30.9 Å². The van der Waals surface area contributed by atoms with Gasteiger partial charge in [-0.25, -0.2) is 9.97 Å². The fraction of sp³-hybridized carbons (Fsp3) is 0.333. The van der Waals surface area contributed by atoms with Crippen molar-refractivity contribution in [2.75, 3.05) is 11.9 Å². The van der Waals surface area contributed by atoms with Crippen LogP contribution in [0.3, 0.4) is 0 Å². The summed E-state index contributed by atoms with van der Waals surface area (Å²) in [7, 11) is 0. The van der Waals surface area contributed by atoms with Crippen LogP contribution in [0.2, 0.25) is 0 Å². The van der Waals surface area contributed by atoms with Crippen LogP contribution in [0.15, 0.2) is 33.2 Å². The molecule has 0 saturated heterocycles. The van der Waals surface area contributed by atoms with Gasteiger partial charge < -0.3 is 5.32 Å². The first-order valence-electron chi connectivity index (χ1n) is 6.67. The summed E-state index contributed by atoms with van der Waals surface area (Å²) in [5, 5.41) is 3.28. The average molecular weight is 399 g/mol. The first-order valence-corrected chi connectivity index (χ1v) is 8.26. The number of halogens is 2. The smallest absolute Gasteiger partial charge is 0.144 e. The lowest BCUT2D eigenvalue weighted by Crippen LogP contribution is -2.08. The number of hydrogen-bond acceptors (Lipinski definition) is 3. The van der Waals surface area contributed by atoms with Gasteiger partial charge in [0.05, 0.1) is 10.2 Å². The maximum Gasteiger partial charge on any atom is 0.144 e. The van der Waals surface area contributed by atoms with Crippen molar-refractivity contribution in [3.05, 3.63) is 50.3 Å². The molecule has 0 fully saturated rings. The van der Waals surface area contributed by atoms with Gasteiger partial charge in [-0.05, 0) is 47.0 Å². The van der Waals surface area contributed by atoms with E-state index in [9.17, 15) is 0 Å². The number of aryl methyl sites for hydroxylation is 1. The van der Waals surface area contributed by atoms with Crippen molar-refractivity contribution in [3.8, 4) is 0 Å². The van der Waals surface area contributed by atoms with E-state index in [0.29, 0.717) is 0 Å². The van der Waals surface area contributed by atoms with Gasteiger partial charge in [0.2, 0.25) is 0 Å². The van der Waals surface area contributed by atoms with Crippen molar-refractivity contribution >= 4 is 37.7 Å². The van der Waals surface area contributed by atoms with Gasteiger partial charge in [-0.2, -0.15) is 0 Å². The van der Waals surface area contributed by atoms with E-state index in [1.165, 1.54) is 5.56 Å². The standard InChI is InChI=1S/C15H17Br2N3/c1-3-12-14(17)15(18-4-2)20-13(19-12)9-10-6-5-7-11(16)8-10/h5-8H,3-4,9H2,1-2H3,(H,18,19,20). The molecule has 0 aliphatic heterocycles. The number of benzene rings is 1. The van der Waals surface area contributed by atoms with E-state index in [2.05, 4.69) is 73.1 Å². The molecule has 0 saturated carbocycles. The monoisotopic (exact) mass is 397 g/mol. The molecule has 3 nitrogen and oxygen atoms in total. The van der Waals surface area contributed by atoms with Crippen molar-refractivity contribution in [2.45, 2.75) is 26.7 Å². The molecule has 0 unspecified atom stereocenters. The number of rotatable bonds is 5. The predicted molar refractivity (Wildman–Crippen MR) is 90.2 cm³/mol. The Hall–Kier alpha value is -0.940. The molecule has 0 bridgehead atoms. The maximum absolute atomic E-state index is 4.65. The number of aromatic nitrogens is 2. The molecule has 0 atom stereocenters. The minimum absolute atomic E-state index is 0.734. The zero-order valence-electron chi connectivity index (χ0n) is 11.6. The molecule has 1 heterocycles. The van der Waals surface area contributed by atoms with E-state index in [4.69, 9.17) is 0 Å². The molecule has 0 aliphatic carbocycles. The van der Waals surface area contributed by atoms with E-state index < -0.39 is 0 Å². The average Bonchev–Trinajstić information content (AvgIpc) is 2.42. The Labute approximate surface area is 136 Å². The van der Waals surface area contributed by atoms with Gasteiger partial charge in [-0.15, -0.1) is 0 Å². The molecule has 2 rings (SSSR count). The minimum atomic E-state index is 0.734. The molecule has 5 heteroatoms. The van der Waals surface area contributed by atoms with Gasteiger partial charge in [0.25, 0.3) is 0 Å². The molecule has 1 aromatic carbocycles. The molecule has 1 aromatic heterocycles. The topological polar surface area (TPSA) is 37.8 Å². The zero-order valence-corrected chi connectivity index (χ0v) is 14.8. The lowest BCUT2D eigenvalue weighted by atomic mass is 10.1. The van der Waals surface area contributed by atoms with Crippen LogP contribution in [-0.4, -0.2) is 16.5 Å². The van der Waals surface area contributed by atoms with E-state index >= 15 is 0 Å². The minimum Gasteiger partial charge on any atom is -0.369 e. The van der Waals surface area contributed by atoms with E-state index in [-0.39, 0.29) is 0 Å². The van der Waals surface area contributed by atoms with E-state index in [1.807, 2.05) is 12.1 Å². The van der Waals surface area contributed by atoms with Crippen molar-refractivity contribution in [3.63, 3.8) is 0 Å². The molecule has 0 spiro atoms. The fourth-order valence-electron chi connectivity index (χ4n) is 1.97. The summed E-state index contributed by atoms with van der Waals surface area (Å²) in [6.45, 7) is 5.01. The van der Waals surface area contributed by atoms with Gasteiger partial charge in [-0.3, -0.25) is 0 Å². The predicted octanol–water partition coefficient (Wildman–Crippen LogP) is 4.59. The molecule has 0 aliphatic rings.